The molecule has 0 aromatic heterocycles. The zero-order valence-corrected chi connectivity index (χ0v) is 14.9. The molecule has 0 saturated heterocycles. The molecule has 1 heterocycles. The van der Waals surface area contributed by atoms with Crippen LogP contribution in [0.1, 0.15) is 54.9 Å². The normalized spacial score (nSPS) is 17.1. The molecule has 0 aromatic rings. The van der Waals surface area contributed by atoms with E-state index in [1.165, 1.54) is 0 Å². The quantitative estimate of drug-likeness (QED) is 0.811. The number of hydrogen-bond acceptors (Lipinski definition) is 4. The van der Waals surface area contributed by atoms with Gasteiger partial charge in [0.05, 0.1) is 11.2 Å². The Balaban J connectivity index is 2.50. The Labute approximate surface area is 134 Å². The highest BCUT2D eigenvalue weighted by atomic mass is 16.6. The summed E-state index contributed by atoms with van der Waals surface area (Å²) in [5, 5.41) is 10.1. The summed E-state index contributed by atoms with van der Waals surface area (Å²) in [6, 6.07) is 0. The average Bonchev–Trinajstić information content (AvgIpc) is 2.33. The Bertz CT molecular complexity index is 432. The Hall–Kier alpha value is -1.01. The van der Waals surface area contributed by atoms with E-state index in [1.807, 2.05) is 40.7 Å². The summed E-state index contributed by atoms with van der Waals surface area (Å²) in [5.74, 6) is 0. The van der Waals surface area contributed by atoms with Crippen LogP contribution in [0.4, 0.5) is 4.79 Å². The summed E-state index contributed by atoms with van der Waals surface area (Å²) in [7, 11) is 1.68. The predicted octanol–water partition coefficient (Wildman–Crippen LogP) is 2.70. The van der Waals surface area contributed by atoms with Crippen LogP contribution in [0.15, 0.2) is 11.5 Å². The number of nitrogens with zero attached hydrogens (tertiary/aromatic N) is 1. The topological polar surface area (TPSA) is 59.0 Å². The van der Waals surface area contributed by atoms with Gasteiger partial charge < -0.3 is 19.4 Å². The second-order valence-corrected chi connectivity index (χ2v) is 7.76. The minimum Gasteiger partial charge on any atom is -0.444 e. The van der Waals surface area contributed by atoms with Crippen molar-refractivity contribution in [3.8, 4) is 0 Å². The molecule has 0 aromatic carbocycles. The van der Waals surface area contributed by atoms with Crippen LogP contribution in [-0.4, -0.2) is 53.5 Å². The molecular formula is C16H29BNO4. The Morgan fingerprint density at radius 1 is 1.23 bits per heavy atom. The van der Waals surface area contributed by atoms with Crippen molar-refractivity contribution in [2.24, 2.45) is 0 Å². The minimum atomic E-state index is -0.943. The third kappa shape index (κ3) is 5.65. The molecule has 0 atom stereocenters. The first-order valence-electron chi connectivity index (χ1n) is 7.72. The third-order valence-corrected chi connectivity index (χ3v) is 3.87. The van der Waals surface area contributed by atoms with Gasteiger partial charge in [-0.05, 0) is 54.9 Å². The molecule has 0 aliphatic carbocycles. The first-order chi connectivity index (χ1) is 9.82. The molecule has 22 heavy (non-hydrogen) atoms. The van der Waals surface area contributed by atoms with E-state index in [0.29, 0.717) is 19.5 Å². The molecule has 125 valence electrons. The van der Waals surface area contributed by atoms with Crippen molar-refractivity contribution in [2.45, 2.75) is 71.7 Å². The number of carbonyl (C=O) groups is 1. The van der Waals surface area contributed by atoms with Crippen LogP contribution in [0.25, 0.3) is 0 Å². The lowest BCUT2D eigenvalue weighted by molar-refractivity contribution is -0.0897. The van der Waals surface area contributed by atoms with Crippen molar-refractivity contribution in [2.75, 3.05) is 13.1 Å². The standard InChI is InChI=1S/C16H29BNO4/c1-14(2,3)21-13(19)18-10-8-12(9-11-18)17-22-16(6,7)15(4,5)20/h8,20H,9-11H2,1-7H3. The minimum absolute atomic E-state index is 0.291. The maximum Gasteiger partial charge on any atom is 0.410 e. The molecule has 1 aliphatic heterocycles. The van der Waals surface area contributed by atoms with Crippen molar-refractivity contribution < 1.29 is 19.3 Å². The molecular weight excluding hydrogens is 281 g/mol. The van der Waals surface area contributed by atoms with E-state index >= 15 is 0 Å². The van der Waals surface area contributed by atoms with Gasteiger partial charge >= 0.3 is 13.6 Å². The number of ether oxygens (including phenoxy) is 1. The lowest BCUT2D eigenvalue weighted by Gasteiger charge is -2.38. The predicted molar refractivity (Wildman–Crippen MR) is 87.7 cm³/mol. The molecule has 1 aliphatic rings. The highest BCUT2D eigenvalue weighted by Crippen LogP contribution is 2.25. The highest BCUT2D eigenvalue weighted by molar-refractivity contribution is 6.38. The molecule has 0 saturated carbocycles. The van der Waals surface area contributed by atoms with Crippen LogP contribution >= 0.6 is 0 Å². The summed E-state index contributed by atoms with van der Waals surface area (Å²) in [6.07, 6.45) is 2.37. The monoisotopic (exact) mass is 310 g/mol. The molecule has 1 rings (SSSR count). The van der Waals surface area contributed by atoms with Crippen LogP contribution in [-0.2, 0) is 9.39 Å². The number of carbonyl (C=O) groups excluding carboxylic acids is 1. The lowest BCUT2D eigenvalue weighted by Crippen LogP contribution is -2.48. The Morgan fingerprint density at radius 2 is 1.82 bits per heavy atom. The van der Waals surface area contributed by atoms with E-state index < -0.39 is 16.8 Å². The molecule has 0 fully saturated rings. The maximum absolute atomic E-state index is 12.0. The van der Waals surface area contributed by atoms with Gasteiger partial charge in [0.1, 0.15) is 5.60 Å². The summed E-state index contributed by atoms with van der Waals surface area (Å²) in [5.41, 5.74) is -1.08. The van der Waals surface area contributed by atoms with Crippen molar-refractivity contribution in [1.29, 1.82) is 0 Å². The summed E-state index contributed by atoms with van der Waals surface area (Å²) >= 11 is 0. The van der Waals surface area contributed by atoms with Crippen LogP contribution in [0, 0.1) is 0 Å². The van der Waals surface area contributed by atoms with Gasteiger partial charge in [0.25, 0.3) is 0 Å². The van der Waals surface area contributed by atoms with Gasteiger partial charge in [-0.2, -0.15) is 0 Å². The first-order valence-corrected chi connectivity index (χ1v) is 7.72. The zero-order chi connectivity index (χ0) is 17.2. The van der Waals surface area contributed by atoms with Crippen LogP contribution in [0.2, 0.25) is 0 Å². The molecule has 6 heteroatoms. The molecule has 0 bridgehead atoms. The SMILES string of the molecule is CC(C)(C)OC(=O)N1CC=C([B]OC(C)(C)C(C)(C)O)CC1. The van der Waals surface area contributed by atoms with Gasteiger partial charge in [0.15, 0.2) is 0 Å². The van der Waals surface area contributed by atoms with E-state index in [2.05, 4.69) is 0 Å². The van der Waals surface area contributed by atoms with Crippen LogP contribution in [0.3, 0.4) is 0 Å². The highest BCUT2D eigenvalue weighted by Gasteiger charge is 2.36. The van der Waals surface area contributed by atoms with E-state index in [4.69, 9.17) is 9.39 Å². The average molecular weight is 310 g/mol. The largest absolute Gasteiger partial charge is 0.444 e. The molecule has 5 nitrogen and oxygen atoms in total. The fraction of sp³-hybridized carbons (Fsp3) is 0.812. The zero-order valence-electron chi connectivity index (χ0n) is 14.9. The Kier molecular flexibility index (Phi) is 5.74. The van der Waals surface area contributed by atoms with E-state index in [1.54, 1.807) is 26.2 Å². The fourth-order valence-corrected chi connectivity index (χ4v) is 1.65. The van der Waals surface area contributed by atoms with Crippen molar-refractivity contribution in [3.63, 3.8) is 0 Å². The summed E-state index contributed by atoms with van der Waals surface area (Å²) in [6.45, 7) is 13.8. The van der Waals surface area contributed by atoms with Crippen molar-refractivity contribution in [3.05, 3.63) is 11.5 Å². The van der Waals surface area contributed by atoms with Gasteiger partial charge in [-0.25, -0.2) is 4.79 Å². The fourth-order valence-electron chi connectivity index (χ4n) is 1.65. The molecule has 1 amide bonds. The van der Waals surface area contributed by atoms with Crippen molar-refractivity contribution in [1.82, 2.24) is 4.90 Å². The Morgan fingerprint density at radius 3 is 2.23 bits per heavy atom. The van der Waals surface area contributed by atoms with E-state index in [9.17, 15) is 9.90 Å². The maximum atomic E-state index is 12.0. The van der Waals surface area contributed by atoms with E-state index in [0.717, 1.165) is 5.47 Å². The first kappa shape index (κ1) is 19.0. The van der Waals surface area contributed by atoms with Crippen molar-refractivity contribution >= 4 is 13.6 Å². The number of aliphatic hydroxyl groups is 1. The van der Waals surface area contributed by atoms with Crippen LogP contribution in [0.5, 0.6) is 0 Å². The van der Waals surface area contributed by atoms with Gasteiger partial charge in [-0.15, -0.1) is 0 Å². The summed E-state index contributed by atoms with van der Waals surface area (Å²) in [4.78, 5) is 13.6. The van der Waals surface area contributed by atoms with Gasteiger partial charge in [0.2, 0.25) is 0 Å². The van der Waals surface area contributed by atoms with E-state index in [-0.39, 0.29) is 6.09 Å². The molecule has 1 N–H and O–H groups in total. The number of hydrogen-bond donors (Lipinski definition) is 1. The smallest absolute Gasteiger partial charge is 0.410 e. The summed E-state index contributed by atoms with van der Waals surface area (Å²) < 4.78 is 11.1. The number of rotatable bonds is 4. The molecule has 0 spiro atoms. The van der Waals surface area contributed by atoms with Crippen LogP contribution < -0.4 is 0 Å². The molecule has 1 radical (unpaired) electrons. The van der Waals surface area contributed by atoms with Gasteiger partial charge in [-0.3, -0.25) is 0 Å². The lowest BCUT2D eigenvalue weighted by atomic mass is 9.79. The molecule has 0 unspecified atom stereocenters. The van der Waals surface area contributed by atoms with Gasteiger partial charge in [0, 0.05) is 13.1 Å². The number of amides is 1. The third-order valence-electron chi connectivity index (χ3n) is 3.87. The van der Waals surface area contributed by atoms with Gasteiger partial charge in [-0.1, -0.05) is 11.5 Å². The second-order valence-electron chi connectivity index (χ2n) is 7.76. The second kappa shape index (κ2) is 6.63.